The molecule has 8 heteroatoms. The van der Waals surface area contributed by atoms with Crippen molar-refractivity contribution in [1.29, 1.82) is 0 Å². The average Bonchev–Trinajstić information content (AvgIpc) is 3.06. The van der Waals surface area contributed by atoms with Gasteiger partial charge in [-0.2, -0.15) is 0 Å². The molecule has 0 radical (unpaired) electrons. The van der Waals surface area contributed by atoms with Gasteiger partial charge in [0.1, 0.15) is 5.76 Å². The molecule has 2 amide bonds. The third-order valence-corrected chi connectivity index (χ3v) is 5.62. The Labute approximate surface area is 158 Å². The molecule has 144 valence electrons. The number of amides is 2. The molecular weight excluding hydrogens is 358 g/mol. The van der Waals surface area contributed by atoms with Gasteiger partial charge in [0.15, 0.2) is 5.15 Å². The van der Waals surface area contributed by atoms with Gasteiger partial charge in [0.05, 0.1) is 6.61 Å². The number of likely N-dealkylation sites (tertiary alicyclic amines) is 2. The third-order valence-electron chi connectivity index (χ3n) is 5.44. The number of hydrogen-bond acceptors (Lipinski definition) is 5. The van der Waals surface area contributed by atoms with Crippen LogP contribution in [0.15, 0.2) is 10.6 Å². The normalized spacial score (nSPS) is 23.7. The summed E-state index contributed by atoms with van der Waals surface area (Å²) in [6, 6.07) is 1.65. The highest BCUT2D eigenvalue weighted by molar-refractivity contribution is 6.29. The molecule has 26 heavy (non-hydrogen) atoms. The maximum Gasteiger partial charge on any atom is 0.223 e. The lowest BCUT2D eigenvalue weighted by Crippen LogP contribution is -2.55. The van der Waals surface area contributed by atoms with Crippen LogP contribution < -0.4 is 0 Å². The molecule has 2 fully saturated rings. The molecule has 0 bridgehead atoms. The second-order valence-corrected chi connectivity index (χ2v) is 7.73. The van der Waals surface area contributed by atoms with Crippen LogP contribution in [0.25, 0.3) is 0 Å². The topological polar surface area (TPSA) is 75.9 Å². The minimum Gasteiger partial charge on any atom is -0.383 e. The molecule has 3 heterocycles. The highest BCUT2D eigenvalue weighted by Gasteiger charge is 2.42. The van der Waals surface area contributed by atoms with Gasteiger partial charge < -0.3 is 19.1 Å². The molecule has 0 saturated carbocycles. The van der Waals surface area contributed by atoms with Crippen LogP contribution in [0.1, 0.15) is 37.9 Å². The summed E-state index contributed by atoms with van der Waals surface area (Å²) >= 11 is 5.74. The van der Waals surface area contributed by atoms with Crippen molar-refractivity contribution in [2.24, 2.45) is 5.41 Å². The lowest BCUT2D eigenvalue weighted by molar-refractivity contribution is -0.143. The lowest BCUT2D eigenvalue weighted by Gasteiger charge is -2.48. The molecule has 2 saturated heterocycles. The fourth-order valence-corrected chi connectivity index (χ4v) is 4.21. The first kappa shape index (κ1) is 19.2. The van der Waals surface area contributed by atoms with Crippen LogP contribution in [0.5, 0.6) is 0 Å². The van der Waals surface area contributed by atoms with Crippen LogP contribution in [0.4, 0.5) is 0 Å². The molecule has 1 atom stereocenters. The molecule has 1 aromatic rings. The number of hydrogen-bond donors (Lipinski definition) is 0. The van der Waals surface area contributed by atoms with Gasteiger partial charge in [-0.25, -0.2) is 0 Å². The van der Waals surface area contributed by atoms with Crippen molar-refractivity contribution < 1.29 is 18.8 Å². The summed E-state index contributed by atoms with van der Waals surface area (Å²) in [5, 5.41) is 3.95. The lowest BCUT2D eigenvalue weighted by atomic mass is 9.73. The smallest absolute Gasteiger partial charge is 0.223 e. The van der Waals surface area contributed by atoms with E-state index in [4.69, 9.17) is 20.9 Å². The number of methoxy groups -OCH3 is 1. The zero-order chi connectivity index (χ0) is 18.6. The maximum atomic E-state index is 12.7. The van der Waals surface area contributed by atoms with Crippen molar-refractivity contribution in [3.8, 4) is 0 Å². The van der Waals surface area contributed by atoms with Crippen LogP contribution in [-0.4, -0.2) is 66.7 Å². The standard InChI is InChI=1S/C18H26ClN3O4/c1-25-10-9-22-13-18(7-5-17(22)24)6-2-8-21(12-18)16(23)4-3-14-11-15(19)20-26-14/h11H,2-10,12-13H2,1H3. The van der Waals surface area contributed by atoms with E-state index >= 15 is 0 Å². The minimum atomic E-state index is 0.0190. The van der Waals surface area contributed by atoms with E-state index in [1.54, 1.807) is 13.2 Å². The number of nitrogens with zero attached hydrogens (tertiary/aromatic N) is 3. The Morgan fingerprint density at radius 1 is 1.42 bits per heavy atom. The van der Waals surface area contributed by atoms with Crippen molar-refractivity contribution >= 4 is 23.4 Å². The highest BCUT2D eigenvalue weighted by atomic mass is 35.5. The van der Waals surface area contributed by atoms with E-state index in [-0.39, 0.29) is 17.2 Å². The number of ether oxygens (including phenoxy) is 1. The SMILES string of the molecule is COCCN1CC2(CCCN(C(=O)CCc3cc(Cl)no3)C2)CCC1=O. The van der Waals surface area contributed by atoms with Crippen molar-refractivity contribution in [3.05, 3.63) is 17.0 Å². The van der Waals surface area contributed by atoms with Crippen LogP contribution in [0, 0.1) is 5.41 Å². The third kappa shape index (κ3) is 4.57. The predicted molar refractivity (Wildman–Crippen MR) is 95.8 cm³/mol. The summed E-state index contributed by atoms with van der Waals surface area (Å²) in [6.45, 7) is 3.39. The van der Waals surface area contributed by atoms with Gasteiger partial charge in [-0.05, 0) is 19.3 Å². The summed E-state index contributed by atoms with van der Waals surface area (Å²) in [5.74, 6) is 0.944. The Balaban J connectivity index is 1.57. The maximum absolute atomic E-state index is 12.7. The van der Waals surface area contributed by atoms with Crippen molar-refractivity contribution in [1.82, 2.24) is 15.0 Å². The Hall–Kier alpha value is -1.60. The number of piperidine rings is 2. The first-order chi connectivity index (χ1) is 12.5. The van der Waals surface area contributed by atoms with Crippen molar-refractivity contribution in [2.45, 2.75) is 38.5 Å². The van der Waals surface area contributed by atoms with Gasteiger partial charge in [0.25, 0.3) is 0 Å². The van der Waals surface area contributed by atoms with E-state index in [1.165, 1.54) is 0 Å². The average molecular weight is 384 g/mol. The van der Waals surface area contributed by atoms with E-state index in [9.17, 15) is 9.59 Å². The largest absolute Gasteiger partial charge is 0.383 e. The molecule has 2 aliphatic rings. The fraction of sp³-hybridized carbons (Fsp3) is 0.722. The molecule has 0 N–H and O–H groups in total. The number of halogens is 1. The van der Waals surface area contributed by atoms with E-state index < -0.39 is 0 Å². The summed E-state index contributed by atoms with van der Waals surface area (Å²) in [7, 11) is 1.65. The number of aromatic nitrogens is 1. The van der Waals surface area contributed by atoms with Crippen LogP contribution in [-0.2, 0) is 20.7 Å². The fourth-order valence-electron chi connectivity index (χ4n) is 4.06. The number of carbonyl (C=O) groups excluding carboxylic acids is 2. The van der Waals surface area contributed by atoms with Gasteiger partial charge in [0.2, 0.25) is 11.8 Å². The molecule has 1 spiro atoms. The van der Waals surface area contributed by atoms with Crippen LogP contribution in [0.3, 0.4) is 0 Å². The number of aryl methyl sites for hydroxylation is 1. The van der Waals surface area contributed by atoms with Crippen LogP contribution >= 0.6 is 11.6 Å². The second-order valence-electron chi connectivity index (χ2n) is 7.34. The molecular formula is C18H26ClN3O4. The highest BCUT2D eigenvalue weighted by Crippen LogP contribution is 2.39. The van der Waals surface area contributed by atoms with Crippen molar-refractivity contribution in [2.75, 3.05) is 39.9 Å². The van der Waals surface area contributed by atoms with Crippen molar-refractivity contribution in [3.63, 3.8) is 0 Å². The number of rotatable bonds is 6. The van der Waals surface area contributed by atoms with Gasteiger partial charge in [-0.3, -0.25) is 9.59 Å². The minimum absolute atomic E-state index is 0.0190. The molecule has 1 unspecified atom stereocenters. The second kappa shape index (κ2) is 8.39. The van der Waals surface area contributed by atoms with Crippen LogP contribution in [0.2, 0.25) is 5.15 Å². The summed E-state index contributed by atoms with van der Waals surface area (Å²) in [5.41, 5.74) is 0.0190. The quantitative estimate of drug-likeness (QED) is 0.752. The molecule has 0 aliphatic carbocycles. The molecule has 1 aromatic heterocycles. The number of carbonyl (C=O) groups is 2. The molecule has 0 aromatic carbocycles. The zero-order valence-corrected chi connectivity index (χ0v) is 16.0. The first-order valence-electron chi connectivity index (χ1n) is 9.17. The molecule has 7 nitrogen and oxygen atoms in total. The monoisotopic (exact) mass is 383 g/mol. The Kier molecular flexibility index (Phi) is 6.19. The van der Waals surface area contributed by atoms with Gasteiger partial charge >= 0.3 is 0 Å². The van der Waals surface area contributed by atoms with E-state index in [1.807, 2.05) is 9.80 Å². The predicted octanol–water partition coefficient (Wildman–Crippen LogP) is 2.14. The molecule has 3 rings (SSSR count). The Bertz CT molecular complexity index is 650. The summed E-state index contributed by atoms with van der Waals surface area (Å²) in [6.07, 6.45) is 4.34. The summed E-state index contributed by atoms with van der Waals surface area (Å²) in [4.78, 5) is 28.7. The molecule has 2 aliphatic heterocycles. The van der Waals surface area contributed by atoms with Gasteiger partial charge in [-0.1, -0.05) is 16.8 Å². The van der Waals surface area contributed by atoms with Gasteiger partial charge in [-0.15, -0.1) is 0 Å². The van der Waals surface area contributed by atoms with Gasteiger partial charge in [0, 0.05) is 64.0 Å². The van der Waals surface area contributed by atoms with E-state index in [0.717, 1.165) is 38.9 Å². The van der Waals surface area contributed by atoms with E-state index in [0.29, 0.717) is 43.3 Å². The zero-order valence-electron chi connectivity index (χ0n) is 15.2. The summed E-state index contributed by atoms with van der Waals surface area (Å²) < 4.78 is 10.2. The Morgan fingerprint density at radius 2 is 2.27 bits per heavy atom. The first-order valence-corrected chi connectivity index (χ1v) is 9.55. The van der Waals surface area contributed by atoms with E-state index in [2.05, 4.69) is 5.16 Å². The Morgan fingerprint density at radius 3 is 3.00 bits per heavy atom.